The second kappa shape index (κ2) is 6.32. The van der Waals surface area contributed by atoms with E-state index < -0.39 is 0 Å². The van der Waals surface area contributed by atoms with Crippen molar-refractivity contribution < 1.29 is 0 Å². The van der Waals surface area contributed by atoms with Crippen molar-refractivity contribution in [2.75, 3.05) is 0 Å². The van der Waals surface area contributed by atoms with Gasteiger partial charge < -0.3 is 5.32 Å². The number of terminal acetylenes is 1. The van der Waals surface area contributed by atoms with Crippen molar-refractivity contribution >= 4 is 27.3 Å². The quantitative estimate of drug-likeness (QED) is 0.808. The Morgan fingerprint density at radius 3 is 2.80 bits per heavy atom. The van der Waals surface area contributed by atoms with E-state index in [1.54, 1.807) is 11.3 Å². The van der Waals surface area contributed by atoms with Crippen molar-refractivity contribution in [1.29, 1.82) is 0 Å². The summed E-state index contributed by atoms with van der Waals surface area (Å²) >= 11 is 5.24. The second-order valence-corrected chi connectivity index (χ2v) is 6.04. The van der Waals surface area contributed by atoms with Crippen LogP contribution in [-0.2, 0) is 0 Å². The smallest absolute Gasteiger partial charge is 0.0701 e. The van der Waals surface area contributed by atoms with Gasteiger partial charge in [-0.25, -0.2) is 0 Å². The molecule has 0 saturated carbocycles. The van der Waals surface area contributed by atoms with E-state index >= 15 is 0 Å². The first-order valence-electron chi connectivity index (χ1n) is 5.12. The number of hydrogen-bond acceptors (Lipinski definition) is 2. The second-order valence-electron chi connectivity index (χ2n) is 3.54. The summed E-state index contributed by atoms with van der Waals surface area (Å²) in [6, 6.07) is 5.03. The third-order valence-electron chi connectivity index (χ3n) is 2.36. The Balaban J connectivity index is 2.54. The zero-order valence-electron chi connectivity index (χ0n) is 9.09. The molecule has 0 bridgehead atoms. The van der Waals surface area contributed by atoms with E-state index in [9.17, 15) is 0 Å². The largest absolute Gasteiger partial charge is 0.306 e. The zero-order chi connectivity index (χ0) is 11.3. The molecular weight excluding hydrogens is 270 g/mol. The molecule has 82 valence electrons. The Labute approximate surface area is 104 Å². The minimum atomic E-state index is 0.375. The van der Waals surface area contributed by atoms with Gasteiger partial charge in [-0.05, 0) is 41.4 Å². The summed E-state index contributed by atoms with van der Waals surface area (Å²) < 4.78 is 1.18. The van der Waals surface area contributed by atoms with Gasteiger partial charge in [0.25, 0.3) is 0 Å². The molecule has 0 radical (unpaired) electrons. The van der Waals surface area contributed by atoms with Crippen LogP contribution in [0.1, 0.15) is 37.6 Å². The lowest BCUT2D eigenvalue weighted by Crippen LogP contribution is -2.30. The van der Waals surface area contributed by atoms with Crippen LogP contribution in [-0.4, -0.2) is 6.04 Å². The van der Waals surface area contributed by atoms with Gasteiger partial charge in [-0.1, -0.05) is 6.92 Å². The van der Waals surface area contributed by atoms with Gasteiger partial charge >= 0.3 is 0 Å². The maximum Gasteiger partial charge on any atom is 0.0701 e. The van der Waals surface area contributed by atoms with E-state index in [4.69, 9.17) is 6.42 Å². The molecule has 0 aliphatic rings. The monoisotopic (exact) mass is 285 g/mol. The molecule has 15 heavy (non-hydrogen) atoms. The first kappa shape index (κ1) is 12.8. The lowest BCUT2D eigenvalue weighted by Gasteiger charge is -2.19. The minimum Gasteiger partial charge on any atom is -0.306 e. The van der Waals surface area contributed by atoms with Crippen LogP contribution < -0.4 is 5.32 Å². The SMILES string of the molecule is C#CCC(CC)NC(C)c1ccc(Br)s1. The first-order chi connectivity index (χ1) is 7.17. The maximum atomic E-state index is 5.33. The Morgan fingerprint density at radius 2 is 2.33 bits per heavy atom. The van der Waals surface area contributed by atoms with E-state index in [0.717, 1.165) is 12.8 Å². The van der Waals surface area contributed by atoms with Crippen LogP contribution >= 0.6 is 27.3 Å². The minimum absolute atomic E-state index is 0.375. The predicted octanol–water partition coefficient (Wildman–Crippen LogP) is 3.96. The fraction of sp³-hybridized carbons (Fsp3) is 0.500. The molecular formula is C12H16BrNS. The van der Waals surface area contributed by atoms with Crippen molar-refractivity contribution in [3.05, 3.63) is 20.8 Å². The Hall–Kier alpha value is -0.300. The van der Waals surface area contributed by atoms with E-state index in [1.165, 1.54) is 8.66 Å². The van der Waals surface area contributed by atoms with E-state index in [1.807, 2.05) is 0 Å². The average Bonchev–Trinajstić information content (AvgIpc) is 2.64. The highest BCUT2D eigenvalue weighted by Gasteiger charge is 2.12. The van der Waals surface area contributed by atoms with Crippen molar-refractivity contribution in [3.8, 4) is 12.3 Å². The Kier molecular flexibility index (Phi) is 5.38. The highest BCUT2D eigenvalue weighted by molar-refractivity contribution is 9.11. The van der Waals surface area contributed by atoms with Gasteiger partial charge in [0, 0.05) is 23.4 Å². The molecule has 0 spiro atoms. The highest BCUT2D eigenvalue weighted by Crippen LogP contribution is 2.27. The molecule has 0 aromatic carbocycles. The molecule has 1 N–H and O–H groups in total. The lowest BCUT2D eigenvalue weighted by atomic mass is 10.1. The average molecular weight is 286 g/mol. The van der Waals surface area contributed by atoms with Crippen LogP contribution in [0.2, 0.25) is 0 Å². The molecule has 3 heteroatoms. The summed E-state index contributed by atoms with van der Waals surface area (Å²) in [4.78, 5) is 1.34. The summed E-state index contributed by atoms with van der Waals surface area (Å²) in [5.41, 5.74) is 0. The maximum absolute atomic E-state index is 5.33. The first-order valence-corrected chi connectivity index (χ1v) is 6.73. The molecule has 1 nitrogen and oxygen atoms in total. The number of rotatable bonds is 5. The molecule has 1 heterocycles. The third kappa shape index (κ3) is 3.98. The van der Waals surface area contributed by atoms with Crippen molar-refractivity contribution in [3.63, 3.8) is 0 Å². The van der Waals surface area contributed by atoms with Crippen LogP contribution in [0, 0.1) is 12.3 Å². The van der Waals surface area contributed by atoms with Crippen molar-refractivity contribution in [2.24, 2.45) is 0 Å². The van der Waals surface area contributed by atoms with E-state index in [2.05, 4.69) is 53.1 Å². The molecule has 0 aliphatic heterocycles. The van der Waals surface area contributed by atoms with Crippen LogP contribution in [0.4, 0.5) is 0 Å². The summed E-state index contributed by atoms with van der Waals surface area (Å²) in [7, 11) is 0. The number of nitrogens with one attached hydrogen (secondary N) is 1. The topological polar surface area (TPSA) is 12.0 Å². The van der Waals surface area contributed by atoms with E-state index in [-0.39, 0.29) is 0 Å². The van der Waals surface area contributed by atoms with Gasteiger partial charge in [-0.2, -0.15) is 0 Å². The molecule has 0 amide bonds. The number of hydrogen-bond donors (Lipinski definition) is 1. The fourth-order valence-corrected chi connectivity index (χ4v) is 2.90. The van der Waals surface area contributed by atoms with Crippen LogP contribution in [0.15, 0.2) is 15.9 Å². The Bertz CT molecular complexity index is 340. The molecule has 0 fully saturated rings. The summed E-state index contributed by atoms with van der Waals surface area (Å²) in [6.45, 7) is 4.34. The summed E-state index contributed by atoms with van der Waals surface area (Å²) in [6.07, 6.45) is 7.20. The van der Waals surface area contributed by atoms with Gasteiger partial charge in [0.05, 0.1) is 3.79 Å². The van der Waals surface area contributed by atoms with E-state index in [0.29, 0.717) is 12.1 Å². The third-order valence-corrected chi connectivity index (χ3v) is 4.17. The van der Waals surface area contributed by atoms with Gasteiger partial charge in [-0.15, -0.1) is 23.7 Å². The van der Waals surface area contributed by atoms with Gasteiger partial charge in [0.1, 0.15) is 0 Å². The van der Waals surface area contributed by atoms with Gasteiger partial charge in [0.15, 0.2) is 0 Å². The summed E-state index contributed by atoms with van der Waals surface area (Å²) in [5, 5.41) is 3.54. The normalized spacial score (nSPS) is 14.5. The lowest BCUT2D eigenvalue weighted by molar-refractivity contribution is 0.453. The van der Waals surface area contributed by atoms with Crippen LogP contribution in [0.5, 0.6) is 0 Å². The highest BCUT2D eigenvalue weighted by atomic mass is 79.9. The molecule has 2 unspecified atom stereocenters. The molecule has 1 rings (SSSR count). The molecule has 0 aliphatic carbocycles. The molecule has 1 aromatic rings. The van der Waals surface area contributed by atoms with Crippen molar-refractivity contribution in [1.82, 2.24) is 5.32 Å². The standard InChI is InChI=1S/C12H16BrNS/c1-4-6-10(5-2)14-9(3)11-7-8-12(13)15-11/h1,7-10,14H,5-6H2,2-3H3. The van der Waals surface area contributed by atoms with Crippen molar-refractivity contribution in [2.45, 2.75) is 38.8 Å². The van der Waals surface area contributed by atoms with Gasteiger partial charge in [-0.3, -0.25) is 0 Å². The van der Waals surface area contributed by atoms with Crippen LogP contribution in [0.25, 0.3) is 0 Å². The number of thiophene rings is 1. The predicted molar refractivity (Wildman–Crippen MR) is 71.1 cm³/mol. The zero-order valence-corrected chi connectivity index (χ0v) is 11.5. The van der Waals surface area contributed by atoms with Crippen LogP contribution in [0.3, 0.4) is 0 Å². The molecule has 1 aromatic heterocycles. The Morgan fingerprint density at radius 1 is 1.60 bits per heavy atom. The summed E-state index contributed by atoms with van der Waals surface area (Å²) in [5.74, 6) is 2.71. The van der Waals surface area contributed by atoms with Gasteiger partial charge in [0.2, 0.25) is 0 Å². The fourth-order valence-electron chi connectivity index (χ4n) is 1.46. The number of halogens is 1. The molecule has 2 atom stereocenters. The molecule has 0 saturated heterocycles.